The van der Waals surface area contributed by atoms with Crippen molar-refractivity contribution in [1.29, 1.82) is 0 Å². The van der Waals surface area contributed by atoms with Gasteiger partial charge < -0.3 is 4.42 Å². The van der Waals surface area contributed by atoms with Crippen molar-refractivity contribution in [2.45, 2.75) is 11.1 Å². The maximum atomic E-state index is 12.7. The van der Waals surface area contributed by atoms with Crippen LogP contribution in [0, 0.1) is 0 Å². The first-order valence-corrected chi connectivity index (χ1v) is 9.14. The maximum absolute atomic E-state index is 12.7. The first kappa shape index (κ1) is 17.8. The molecule has 1 heterocycles. The van der Waals surface area contributed by atoms with Gasteiger partial charge in [-0.3, -0.25) is 0 Å². The molecule has 0 saturated heterocycles. The lowest BCUT2D eigenvalue weighted by atomic mass is 10.2. The van der Waals surface area contributed by atoms with Gasteiger partial charge in [0.05, 0.1) is 26.7 Å². The predicted molar refractivity (Wildman–Crippen MR) is 84.9 cm³/mol. The molecule has 0 fully saturated rings. The normalized spacial score (nSPS) is 12.7. The highest BCUT2D eigenvalue weighted by atomic mass is 35.7. The van der Waals surface area contributed by atoms with Crippen LogP contribution in [0.4, 0.5) is 13.2 Å². The van der Waals surface area contributed by atoms with Gasteiger partial charge in [-0.25, -0.2) is 17.8 Å². The number of fused-ring (bicyclic) bond motifs is 1. The van der Waals surface area contributed by atoms with Gasteiger partial charge in [0.15, 0.2) is 5.58 Å². The van der Waals surface area contributed by atoms with E-state index in [0.29, 0.717) is 6.07 Å². The number of hydrogen-bond donors (Lipinski definition) is 0. The second-order valence-electron chi connectivity index (χ2n) is 4.93. The Labute approximate surface area is 147 Å². The van der Waals surface area contributed by atoms with Gasteiger partial charge in [0.25, 0.3) is 9.05 Å². The third-order valence-electron chi connectivity index (χ3n) is 3.35. The van der Waals surface area contributed by atoms with Gasteiger partial charge >= 0.3 is 11.9 Å². The second-order valence-corrected chi connectivity index (χ2v) is 7.91. The third-order valence-corrected chi connectivity index (χ3v) is 5.00. The minimum Gasteiger partial charge on any atom is -0.407 e. The summed E-state index contributed by atoms with van der Waals surface area (Å²) in [5.41, 5.74) is -1.00. The SMILES string of the molecule is O=c1oc2cc(S(=O)(=O)Cl)ccc2n1-c1ccc(C(F)(F)F)cc1Cl. The van der Waals surface area contributed by atoms with Crippen molar-refractivity contribution in [2.75, 3.05) is 0 Å². The molecular formula is C14H6Cl2F3NO4S. The van der Waals surface area contributed by atoms with Gasteiger partial charge in [-0.2, -0.15) is 13.2 Å². The number of hydrogen-bond acceptors (Lipinski definition) is 4. The molecule has 0 amide bonds. The Morgan fingerprint density at radius 1 is 1.08 bits per heavy atom. The first-order chi connectivity index (χ1) is 11.5. The summed E-state index contributed by atoms with van der Waals surface area (Å²) in [7, 11) is 1.18. The summed E-state index contributed by atoms with van der Waals surface area (Å²) < 4.78 is 66.7. The highest BCUT2D eigenvalue weighted by Crippen LogP contribution is 2.34. The molecule has 25 heavy (non-hydrogen) atoms. The zero-order valence-corrected chi connectivity index (χ0v) is 14.2. The van der Waals surface area contributed by atoms with Gasteiger partial charge in [-0.15, -0.1) is 0 Å². The number of oxazole rings is 1. The van der Waals surface area contributed by atoms with Crippen molar-refractivity contribution < 1.29 is 26.0 Å². The van der Waals surface area contributed by atoms with Gasteiger partial charge in [0, 0.05) is 16.7 Å². The topological polar surface area (TPSA) is 69.3 Å². The van der Waals surface area contributed by atoms with Crippen molar-refractivity contribution in [3.05, 3.63) is 57.5 Å². The fourth-order valence-electron chi connectivity index (χ4n) is 2.24. The Bertz CT molecular complexity index is 1150. The zero-order chi connectivity index (χ0) is 18.6. The zero-order valence-electron chi connectivity index (χ0n) is 11.8. The number of nitrogens with zero attached hydrogens (tertiary/aromatic N) is 1. The van der Waals surface area contributed by atoms with Crippen LogP contribution in [-0.4, -0.2) is 13.0 Å². The van der Waals surface area contributed by atoms with E-state index in [1.165, 1.54) is 6.07 Å². The molecular weight excluding hydrogens is 406 g/mol. The first-order valence-electron chi connectivity index (χ1n) is 6.46. The Morgan fingerprint density at radius 3 is 2.32 bits per heavy atom. The number of rotatable bonds is 2. The fourth-order valence-corrected chi connectivity index (χ4v) is 3.27. The number of alkyl halides is 3. The molecule has 3 aromatic rings. The van der Waals surface area contributed by atoms with E-state index >= 15 is 0 Å². The van der Waals surface area contributed by atoms with Crippen LogP contribution in [0.25, 0.3) is 16.8 Å². The lowest BCUT2D eigenvalue weighted by Gasteiger charge is -2.10. The Hall–Kier alpha value is -1.97. The summed E-state index contributed by atoms with van der Waals surface area (Å²) in [6.07, 6.45) is -4.59. The molecule has 0 spiro atoms. The molecule has 0 bridgehead atoms. The monoisotopic (exact) mass is 411 g/mol. The standard InChI is InChI=1S/C14H6Cl2F3NO4S/c15-9-5-7(14(17,18)19)1-3-10(9)20-11-4-2-8(25(16,22)23)6-12(11)24-13(20)21/h1-6H. The van der Waals surface area contributed by atoms with Gasteiger partial charge in [0.1, 0.15) is 0 Å². The maximum Gasteiger partial charge on any atom is 0.424 e. The predicted octanol–water partition coefficient (Wildman–Crippen LogP) is 4.18. The van der Waals surface area contributed by atoms with Crippen LogP contribution in [-0.2, 0) is 15.2 Å². The van der Waals surface area contributed by atoms with Gasteiger partial charge in [-0.1, -0.05) is 11.6 Å². The molecule has 132 valence electrons. The molecule has 5 nitrogen and oxygen atoms in total. The van der Waals surface area contributed by atoms with Gasteiger partial charge in [-0.05, 0) is 30.3 Å². The molecule has 2 aromatic carbocycles. The van der Waals surface area contributed by atoms with Crippen LogP contribution < -0.4 is 5.76 Å². The summed E-state index contributed by atoms with van der Waals surface area (Å²) >= 11 is 5.88. The average Bonchev–Trinajstić information content (AvgIpc) is 2.80. The Morgan fingerprint density at radius 2 is 1.76 bits per heavy atom. The van der Waals surface area contributed by atoms with Crippen molar-refractivity contribution in [3.8, 4) is 5.69 Å². The summed E-state index contributed by atoms with van der Waals surface area (Å²) in [6.45, 7) is 0. The largest absolute Gasteiger partial charge is 0.424 e. The van der Waals surface area contributed by atoms with Crippen molar-refractivity contribution in [3.63, 3.8) is 0 Å². The highest BCUT2D eigenvalue weighted by Gasteiger charge is 2.31. The van der Waals surface area contributed by atoms with Crippen LogP contribution >= 0.6 is 22.3 Å². The third kappa shape index (κ3) is 3.26. The number of halogens is 5. The van der Waals surface area contributed by atoms with Crippen molar-refractivity contribution >= 4 is 42.4 Å². The van der Waals surface area contributed by atoms with Crippen LogP contribution in [0.3, 0.4) is 0 Å². The molecule has 0 saturated carbocycles. The van der Waals surface area contributed by atoms with E-state index in [1.54, 1.807) is 0 Å². The molecule has 0 atom stereocenters. The van der Waals surface area contributed by atoms with E-state index in [4.69, 9.17) is 26.7 Å². The van der Waals surface area contributed by atoms with Crippen LogP contribution in [0.2, 0.25) is 5.02 Å². The summed E-state index contributed by atoms with van der Waals surface area (Å²) in [4.78, 5) is 11.8. The lowest BCUT2D eigenvalue weighted by molar-refractivity contribution is -0.137. The van der Waals surface area contributed by atoms with Crippen molar-refractivity contribution in [2.24, 2.45) is 0 Å². The number of aromatic nitrogens is 1. The fraction of sp³-hybridized carbons (Fsp3) is 0.0714. The molecule has 0 aliphatic heterocycles. The highest BCUT2D eigenvalue weighted by molar-refractivity contribution is 8.13. The van der Waals surface area contributed by atoms with E-state index in [0.717, 1.165) is 28.8 Å². The Balaban J connectivity index is 2.23. The summed E-state index contributed by atoms with van der Waals surface area (Å²) in [6, 6.07) is 5.88. The molecule has 0 radical (unpaired) electrons. The molecule has 0 aliphatic rings. The van der Waals surface area contributed by atoms with E-state index in [-0.39, 0.29) is 26.7 Å². The van der Waals surface area contributed by atoms with Crippen LogP contribution in [0.15, 0.2) is 50.5 Å². The van der Waals surface area contributed by atoms with Crippen LogP contribution in [0.5, 0.6) is 0 Å². The lowest BCUT2D eigenvalue weighted by Crippen LogP contribution is -2.13. The van der Waals surface area contributed by atoms with E-state index in [1.807, 2.05) is 0 Å². The minimum absolute atomic E-state index is 0.0418. The average molecular weight is 412 g/mol. The van der Waals surface area contributed by atoms with Crippen LogP contribution in [0.1, 0.15) is 5.56 Å². The number of benzene rings is 2. The molecule has 0 unspecified atom stereocenters. The van der Waals surface area contributed by atoms with Crippen molar-refractivity contribution in [1.82, 2.24) is 4.57 Å². The minimum atomic E-state index is -4.59. The molecule has 11 heteroatoms. The summed E-state index contributed by atoms with van der Waals surface area (Å²) in [5.74, 6) is -0.944. The van der Waals surface area contributed by atoms with E-state index in [9.17, 15) is 26.4 Å². The van der Waals surface area contributed by atoms with E-state index in [2.05, 4.69) is 0 Å². The molecule has 1 aromatic heterocycles. The Kier molecular flexibility index (Phi) is 4.13. The molecule has 0 aliphatic carbocycles. The van der Waals surface area contributed by atoms with Gasteiger partial charge in [0.2, 0.25) is 0 Å². The smallest absolute Gasteiger partial charge is 0.407 e. The molecule has 3 rings (SSSR count). The second kappa shape index (κ2) is 5.79. The molecule has 0 N–H and O–H groups in total. The quantitative estimate of drug-likeness (QED) is 0.593. The van der Waals surface area contributed by atoms with E-state index < -0.39 is 26.5 Å². The summed E-state index contributed by atoms with van der Waals surface area (Å²) in [5, 5.41) is -0.325.